The van der Waals surface area contributed by atoms with Crippen molar-refractivity contribution in [3.05, 3.63) is 29.3 Å². The van der Waals surface area contributed by atoms with Gasteiger partial charge in [0.15, 0.2) is 5.13 Å². The van der Waals surface area contributed by atoms with E-state index in [9.17, 15) is 4.79 Å². The summed E-state index contributed by atoms with van der Waals surface area (Å²) in [4.78, 5) is 18.3. The van der Waals surface area contributed by atoms with Crippen LogP contribution in [-0.4, -0.2) is 36.4 Å². The molecule has 1 rings (SSSR count). The molecule has 4 nitrogen and oxygen atoms in total. The summed E-state index contributed by atoms with van der Waals surface area (Å²) >= 11 is 1.53. The smallest absolute Gasteiger partial charge is 0.246 e. The van der Waals surface area contributed by atoms with Gasteiger partial charge in [0.05, 0.1) is 10.6 Å². The lowest BCUT2D eigenvalue weighted by Crippen LogP contribution is -2.18. The van der Waals surface area contributed by atoms with Gasteiger partial charge in [-0.15, -0.1) is 6.58 Å². The van der Waals surface area contributed by atoms with E-state index in [2.05, 4.69) is 16.9 Å². The number of nitrogens with zero attached hydrogens (tertiary/aromatic N) is 2. The summed E-state index contributed by atoms with van der Waals surface area (Å²) in [7, 11) is 3.45. The number of carbonyl (C=O) groups is 1. The fourth-order valence-corrected chi connectivity index (χ4v) is 1.97. The number of nitrogens with one attached hydrogen (secondary N) is 1. The number of aryl methyl sites for hydroxylation is 1. The summed E-state index contributed by atoms with van der Waals surface area (Å²) in [6.07, 6.45) is 5.13. The highest BCUT2D eigenvalue weighted by Gasteiger charge is 2.05. The van der Waals surface area contributed by atoms with Gasteiger partial charge in [-0.1, -0.05) is 17.4 Å². The molecule has 1 N–H and O–H groups in total. The molecule has 0 radical (unpaired) electrons. The van der Waals surface area contributed by atoms with E-state index in [0.29, 0.717) is 6.54 Å². The van der Waals surface area contributed by atoms with Gasteiger partial charge < -0.3 is 10.2 Å². The highest BCUT2D eigenvalue weighted by atomic mass is 32.1. The third-order valence-corrected chi connectivity index (χ3v) is 3.13. The quantitative estimate of drug-likeness (QED) is 0.644. The molecular formula is C12H17N3OS. The second kappa shape index (κ2) is 6.20. The number of amides is 1. The molecule has 0 unspecified atom stereocenters. The zero-order chi connectivity index (χ0) is 12.8. The summed E-state index contributed by atoms with van der Waals surface area (Å²) in [5, 5.41) is 3.97. The van der Waals surface area contributed by atoms with Crippen LogP contribution in [-0.2, 0) is 4.79 Å². The number of carbonyl (C=O) groups excluding carboxylic acids is 1. The van der Waals surface area contributed by atoms with E-state index >= 15 is 0 Å². The number of rotatable bonds is 5. The second-order valence-electron chi connectivity index (χ2n) is 3.70. The largest absolute Gasteiger partial charge is 0.358 e. The summed E-state index contributed by atoms with van der Waals surface area (Å²) in [5.74, 6) is -0.0293. The first kappa shape index (κ1) is 13.4. The van der Waals surface area contributed by atoms with Crippen LogP contribution in [0.3, 0.4) is 0 Å². The van der Waals surface area contributed by atoms with E-state index in [1.165, 1.54) is 16.2 Å². The number of hydrogen-bond donors (Lipinski definition) is 1. The molecule has 17 heavy (non-hydrogen) atoms. The Labute approximate surface area is 106 Å². The minimum atomic E-state index is -0.0293. The third-order valence-electron chi connectivity index (χ3n) is 2.05. The first-order chi connectivity index (χ1) is 8.04. The van der Waals surface area contributed by atoms with Crippen molar-refractivity contribution in [1.29, 1.82) is 0 Å². The molecule has 0 aliphatic heterocycles. The second-order valence-corrected chi connectivity index (χ2v) is 4.73. The molecule has 0 bridgehead atoms. The van der Waals surface area contributed by atoms with Gasteiger partial charge in [0.2, 0.25) is 5.91 Å². The number of hydrogen-bond acceptors (Lipinski definition) is 4. The lowest BCUT2D eigenvalue weighted by molar-refractivity contribution is -0.123. The maximum atomic E-state index is 11.4. The van der Waals surface area contributed by atoms with Crippen LogP contribution >= 0.6 is 11.3 Å². The van der Waals surface area contributed by atoms with E-state index in [1.54, 1.807) is 32.3 Å². The predicted octanol–water partition coefficient (Wildman–Crippen LogP) is 2.15. The highest BCUT2D eigenvalue weighted by Crippen LogP contribution is 2.23. The molecule has 1 amide bonds. The fraction of sp³-hybridized carbons (Fsp3) is 0.333. The van der Waals surface area contributed by atoms with Crippen molar-refractivity contribution < 1.29 is 4.79 Å². The molecule has 1 aromatic heterocycles. The standard InChI is InChI=1S/C12H17N3OS/c1-5-8-13-12-14-9(2)10(17-12)6-7-11(16)15(3)4/h5-7H,1,8H2,2-4H3,(H,13,14). The Morgan fingerprint density at radius 1 is 1.59 bits per heavy atom. The Balaban J connectivity index is 2.74. The van der Waals surface area contributed by atoms with Crippen LogP contribution in [0.4, 0.5) is 5.13 Å². The number of likely N-dealkylation sites (N-methyl/N-ethyl adjacent to an activating group) is 1. The zero-order valence-corrected chi connectivity index (χ0v) is 11.2. The summed E-state index contributed by atoms with van der Waals surface area (Å²) < 4.78 is 0. The van der Waals surface area contributed by atoms with Crippen LogP contribution < -0.4 is 5.32 Å². The van der Waals surface area contributed by atoms with Gasteiger partial charge in [0, 0.05) is 26.7 Å². The SMILES string of the molecule is C=CCNc1nc(C)c(C=CC(=O)N(C)C)s1. The van der Waals surface area contributed by atoms with E-state index in [1.807, 2.05) is 6.92 Å². The molecule has 0 fully saturated rings. The molecular weight excluding hydrogens is 234 g/mol. The van der Waals surface area contributed by atoms with Crippen molar-refractivity contribution in [3.63, 3.8) is 0 Å². The van der Waals surface area contributed by atoms with E-state index in [0.717, 1.165) is 15.7 Å². The predicted molar refractivity (Wildman–Crippen MR) is 73.3 cm³/mol. The molecule has 1 aromatic rings. The maximum absolute atomic E-state index is 11.4. The van der Waals surface area contributed by atoms with Crippen LogP contribution in [0.2, 0.25) is 0 Å². The molecule has 5 heteroatoms. The van der Waals surface area contributed by atoms with Gasteiger partial charge in [-0.05, 0) is 13.0 Å². The minimum absolute atomic E-state index is 0.0293. The Kier molecular flexibility index (Phi) is 4.90. The topological polar surface area (TPSA) is 45.2 Å². The molecule has 0 saturated carbocycles. The van der Waals surface area contributed by atoms with Gasteiger partial charge >= 0.3 is 0 Å². The van der Waals surface area contributed by atoms with Crippen molar-refractivity contribution in [2.24, 2.45) is 0 Å². The Hall–Kier alpha value is -1.62. The van der Waals surface area contributed by atoms with Crippen LogP contribution in [0.5, 0.6) is 0 Å². The lowest BCUT2D eigenvalue weighted by atomic mass is 10.3. The minimum Gasteiger partial charge on any atom is -0.358 e. The van der Waals surface area contributed by atoms with Crippen LogP contribution in [0.15, 0.2) is 18.7 Å². The Bertz CT molecular complexity index is 435. The van der Waals surface area contributed by atoms with E-state index < -0.39 is 0 Å². The fourth-order valence-electron chi connectivity index (χ4n) is 1.09. The zero-order valence-electron chi connectivity index (χ0n) is 10.4. The van der Waals surface area contributed by atoms with Crippen molar-refractivity contribution in [2.45, 2.75) is 6.92 Å². The molecule has 0 aliphatic carbocycles. The van der Waals surface area contributed by atoms with Gasteiger partial charge in [-0.25, -0.2) is 4.98 Å². The summed E-state index contributed by atoms with van der Waals surface area (Å²) in [5.41, 5.74) is 0.921. The lowest BCUT2D eigenvalue weighted by Gasteiger charge is -2.04. The summed E-state index contributed by atoms with van der Waals surface area (Å²) in [6.45, 7) is 6.25. The van der Waals surface area contributed by atoms with E-state index in [-0.39, 0.29) is 5.91 Å². The first-order valence-corrected chi connectivity index (χ1v) is 6.07. The number of anilines is 1. The average molecular weight is 251 g/mol. The van der Waals surface area contributed by atoms with Gasteiger partial charge in [0.25, 0.3) is 0 Å². The molecule has 92 valence electrons. The average Bonchev–Trinajstić information content (AvgIpc) is 2.64. The molecule has 0 spiro atoms. The van der Waals surface area contributed by atoms with Crippen LogP contribution in [0.1, 0.15) is 10.6 Å². The van der Waals surface area contributed by atoms with Crippen molar-refractivity contribution in [1.82, 2.24) is 9.88 Å². The maximum Gasteiger partial charge on any atom is 0.246 e. The Morgan fingerprint density at radius 3 is 2.88 bits per heavy atom. The van der Waals surface area contributed by atoms with Crippen molar-refractivity contribution in [3.8, 4) is 0 Å². The molecule has 0 atom stereocenters. The molecule has 0 saturated heterocycles. The van der Waals surface area contributed by atoms with Gasteiger partial charge in [-0.3, -0.25) is 4.79 Å². The first-order valence-electron chi connectivity index (χ1n) is 5.26. The monoisotopic (exact) mass is 251 g/mol. The number of thiazole rings is 1. The normalized spacial score (nSPS) is 10.5. The Morgan fingerprint density at radius 2 is 2.29 bits per heavy atom. The van der Waals surface area contributed by atoms with Gasteiger partial charge in [-0.2, -0.15) is 0 Å². The highest BCUT2D eigenvalue weighted by molar-refractivity contribution is 7.16. The number of aromatic nitrogens is 1. The molecule has 1 heterocycles. The van der Waals surface area contributed by atoms with Crippen molar-refractivity contribution in [2.75, 3.05) is 26.0 Å². The summed E-state index contributed by atoms with van der Waals surface area (Å²) in [6, 6.07) is 0. The van der Waals surface area contributed by atoms with Crippen LogP contribution in [0.25, 0.3) is 6.08 Å². The van der Waals surface area contributed by atoms with Gasteiger partial charge in [0.1, 0.15) is 0 Å². The molecule has 0 aromatic carbocycles. The van der Waals surface area contributed by atoms with Crippen LogP contribution in [0, 0.1) is 6.92 Å². The van der Waals surface area contributed by atoms with Crippen molar-refractivity contribution >= 4 is 28.5 Å². The third kappa shape index (κ3) is 4.03. The molecule has 0 aliphatic rings. The van der Waals surface area contributed by atoms with E-state index in [4.69, 9.17) is 0 Å².